The summed E-state index contributed by atoms with van der Waals surface area (Å²) < 4.78 is 5.59. The third-order valence-electron chi connectivity index (χ3n) is 5.33. The third kappa shape index (κ3) is 2.27. The van der Waals surface area contributed by atoms with Crippen molar-refractivity contribution in [3.63, 3.8) is 0 Å². The first-order valence-corrected chi connectivity index (χ1v) is 8.28. The highest BCUT2D eigenvalue weighted by molar-refractivity contribution is 5.97. The predicted molar refractivity (Wildman–Crippen MR) is 79.9 cm³/mol. The molecule has 3 rings (SSSR count). The van der Waals surface area contributed by atoms with Gasteiger partial charge in [-0.25, -0.2) is 4.79 Å². The highest BCUT2D eigenvalue weighted by Crippen LogP contribution is 2.61. The van der Waals surface area contributed by atoms with E-state index in [1.54, 1.807) is 0 Å². The molecule has 4 nitrogen and oxygen atoms in total. The molecule has 0 aromatic carbocycles. The number of Topliss-reactive ketones (excluding diaryl/α,β-unsaturated/α-hetero) is 1. The molecule has 3 aliphatic rings. The van der Waals surface area contributed by atoms with Crippen LogP contribution in [-0.2, 0) is 9.53 Å². The van der Waals surface area contributed by atoms with Gasteiger partial charge in [0.05, 0.1) is 11.5 Å². The first kappa shape index (κ1) is 14.9. The quantitative estimate of drug-likeness (QED) is 0.688. The van der Waals surface area contributed by atoms with Crippen LogP contribution in [0.5, 0.6) is 0 Å². The molecule has 0 aromatic heterocycles. The van der Waals surface area contributed by atoms with Crippen molar-refractivity contribution in [2.24, 2.45) is 17.3 Å². The number of likely N-dealkylation sites (tertiary alicyclic amines) is 1. The van der Waals surface area contributed by atoms with E-state index in [4.69, 9.17) is 4.74 Å². The summed E-state index contributed by atoms with van der Waals surface area (Å²) in [6.07, 6.45) is 4.63. The van der Waals surface area contributed by atoms with Crippen molar-refractivity contribution in [2.45, 2.75) is 71.4 Å². The van der Waals surface area contributed by atoms with E-state index in [0.717, 1.165) is 38.6 Å². The van der Waals surface area contributed by atoms with Gasteiger partial charge in [0.1, 0.15) is 11.4 Å². The largest absolute Gasteiger partial charge is 0.444 e. The smallest absolute Gasteiger partial charge is 0.410 e. The topological polar surface area (TPSA) is 46.6 Å². The maximum Gasteiger partial charge on any atom is 0.410 e. The lowest BCUT2D eigenvalue weighted by Crippen LogP contribution is -2.72. The molecular weight excluding hydrogens is 266 g/mol. The van der Waals surface area contributed by atoms with Crippen molar-refractivity contribution < 1.29 is 14.3 Å². The maximum atomic E-state index is 12.6. The van der Waals surface area contributed by atoms with Crippen molar-refractivity contribution in [3.8, 4) is 0 Å². The molecule has 0 aromatic rings. The van der Waals surface area contributed by atoms with E-state index in [-0.39, 0.29) is 23.5 Å². The third-order valence-corrected chi connectivity index (χ3v) is 5.33. The molecule has 2 saturated carbocycles. The number of amides is 1. The first-order chi connectivity index (χ1) is 9.74. The number of hydrogen-bond donors (Lipinski definition) is 0. The summed E-state index contributed by atoms with van der Waals surface area (Å²) in [4.78, 5) is 27.0. The fraction of sp³-hybridized carbons (Fsp3) is 0.882. The number of nitrogens with zero attached hydrogens (tertiary/aromatic N) is 1. The minimum Gasteiger partial charge on any atom is -0.444 e. The molecule has 118 valence electrons. The Hall–Kier alpha value is -1.06. The summed E-state index contributed by atoms with van der Waals surface area (Å²) >= 11 is 0. The second kappa shape index (κ2) is 4.72. The van der Waals surface area contributed by atoms with Crippen molar-refractivity contribution in [3.05, 3.63) is 0 Å². The van der Waals surface area contributed by atoms with Crippen LogP contribution in [0.1, 0.15) is 59.8 Å². The van der Waals surface area contributed by atoms with Gasteiger partial charge in [-0.3, -0.25) is 4.79 Å². The Morgan fingerprint density at radius 1 is 1.29 bits per heavy atom. The molecule has 1 aliphatic heterocycles. The van der Waals surface area contributed by atoms with E-state index in [1.165, 1.54) is 0 Å². The van der Waals surface area contributed by atoms with E-state index < -0.39 is 5.60 Å². The van der Waals surface area contributed by atoms with Crippen LogP contribution < -0.4 is 0 Å². The van der Waals surface area contributed by atoms with Gasteiger partial charge in [-0.1, -0.05) is 13.3 Å². The second-order valence-corrected chi connectivity index (χ2v) is 8.25. The first-order valence-electron chi connectivity index (χ1n) is 8.28. The lowest BCUT2D eigenvalue weighted by Gasteiger charge is -2.63. The number of fused-ring (bicyclic) bond motifs is 2. The van der Waals surface area contributed by atoms with E-state index in [0.29, 0.717) is 11.7 Å². The van der Waals surface area contributed by atoms with Gasteiger partial charge >= 0.3 is 6.09 Å². The molecule has 0 radical (unpaired) electrons. The molecule has 0 bridgehead atoms. The molecule has 2 unspecified atom stereocenters. The lowest BCUT2D eigenvalue weighted by atomic mass is 9.44. The lowest BCUT2D eigenvalue weighted by molar-refractivity contribution is -0.177. The minimum absolute atomic E-state index is 0.0625. The molecule has 4 heteroatoms. The van der Waals surface area contributed by atoms with Crippen LogP contribution in [0.3, 0.4) is 0 Å². The summed E-state index contributed by atoms with van der Waals surface area (Å²) in [5.41, 5.74) is -0.710. The van der Waals surface area contributed by atoms with Crippen LogP contribution in [0.25, 0.3) is 0 Å². The van der Waals surface area contributed by atoms with Crippen LogP contribution in [-0.4, -0.2) is 35.0 Å². The highest BCUT2D eigenvalue weighted by atomic mass is 16.6. The number of ether oxygens (including phenoxy) is 1. The predicted octanol–water partition coefficient (Wildman–Crippen LogP) is 3.39. The summed E-state index contributed by atoms with van der Waals surface area (Å²) in [6.45, 7) is 8.62. The van der Waals surface area contributed by atoms with Crippen molar-refractivity contribution in [1.82, 2.24) is 4.90 Å². The number of hydrogen-bond acceptors (Lipinski definition) is 3. The zero-order valence-electron chi connectivity index (χ0n) is 13.6. The van der Waals surface area contributed by atoms with Gasteiger partial charge < -0.3 is 9.64 Å². The Morgan fingerprint density at radius 3 is 2.52 bits per heavy atom. The Balaban J connectivity index is 1.82. The molecule has 1 spiro atoms. The number of carbonyl (C=O) groups is 2. The van der Waals surface area contributed by atoms with E-state index in [9.17, 15) is 9.59 Å². The summed E-state index contributed by atoms with van der Waals surface area (Å²) in [5, 5.41) is 0. The Bertz CT molecular complexity index is 459. The van der Waals surface area contributed by atoms with Crippen LogP contribution in [0.15, 0.2) is 0 Å². The summed E-state index contributed by atoms with van der Waals surface area (Å²) in [6, 6.07) is 0.0959. The number of rotatable bonds is 0. The normalized spacial score (nSPS) is 39.1. The zero-order valence-corrected chi connectivity index (χ0v) is 13.6. The van der Waals surface area contributed by atoms with E-state index in [2.05, 4.69) is 6.92 Å². The van der Waals surface area contributed by atoms with Gasteiger partial charge in [0.25, 0.3) is 0 Å². The van der Waals surface area contributed by atoms with Crippen molar-refractivity contribution in [1.29, 1.82) is 0 Å². The zero-order chi connectivity index (χ0) is 15.4. The van der Waals surface area contributed by atoms with Crippen LogP contribution >= 0.6 is 0 Å². The second-order valence-electron chi connectivity index (χ2n) is 8.25. The fourth-order valence-corrected chi connectivity index (χ4v) is 4.69. The Kier molecular flexibility index (Phi) is 3.34. The number of carbonyl (C=O) groups excluding carboxylic acids is 2. The van der Waals surface area contributed by atoms with Gasteiger partial charge in [-0.15, -0.1) is 0 Å². The highest BCUT2D eigenvalue weighted by Gasteiger charge is 2.68. The van der Waals surface area contributed by atoms with Gasteiger partial charge in [0.2, 0.25) is 0 Å². The molecule has 1 saturated heterocycles. The summed E-state index contributed by atoms with van der Waals surface area (Å²) in [7, 11) is 0. The van der Waals surface area contributed by atoms with E-state index in [1.807, 2.05) is 25.7 Å². The number of ketones is 1. The Morgan fingerprint density at radius 2 is 1.95 bits per heavy atom. The standard InChI is InChI=1S/C17H27NO3/c1-11-9-17(10-11)13-12(14(17)19)7-5-6-8-18(13)15(20)21-16(2,3)4/h11-13H,5-10H2,1-4H3. The summed E-state index contributed by atoms with van der Waals surface area (Å²) in [5.74, 6) is 1.09. The maximum absolute atomic E-state index is 12.6. The Labute approximate surface area is 127 Å². The average Bonchev–Trinajstić information content (AvgIpc) is 2.52. The van der Waals surface area contributed by atoms with Crippen LogP contribution in [0.4, 0.5) is 4.79 Å². The van der Waals surface area contributed by atoms with Crippen LogP contribution in [0, 0.1) is 17.3 Å². The fourth-order valence-electron chi connectivity index (χ4n) is 4.69. The monoisotopic (exact) mass is 293 g/mol. The molecule has 21 heavy (non-hydrogen) atoms. The SMILES string of the molecule is CC1CC2(C1)C(=O)C1CCCCN(C(=O)OC(C)(C)C)C12. The minimum atomic E-state index is -0.479. The van der Waals surface area contributed by atoms with Gasteiger partial charge in [-0.2, -0.15) is 0 Å². The molecule has 0 N–H and O–H groups in total. The molecule has 2 aliphatic carbocycles. The van der Waals surface area contributed by atoms with Crippen molar-refractivity contribution in [2.75, 3.05) is 6.54 Å². The van der Waals surface area contributed by atoms with Gasteiger partial charge in [0.15, 0.2) is 0 Å². The van der Waals surface area contributed by atoms with Crippen molar-refractivity contribution >= 4 is 11.9 Å². The molecule has 2 atom stereocenters. The molecular formula is C17H27NO3. The average molecular weight is 293 g/mol. The van der Waals surface area contributed by atoms with Crippen LogP contribution in [0.2, 0.25) is 0 Å². The van der Waals surface area contributed by atoms with Gasteiger partial charge in [0, 0.05) is 12.5 Å². The molecule has 1 amide bonds. The van der Waals surface area contributed by atoms with Gasteiger partial charge in [-0.05, 0) is 52.4 Å². The molecule has 1 heterocycles. The molecule has 3 fully saturated rings. The van der Waals surface area contributed by atoms with E-state index >= 15 is 0 Å².